The summed E-state index contributed by atoms with van der Waals surface area (Å²) in [7, 11) is 0. The van der Waals surface area contributed by atoms with Crippen LogP contribution in [-0.4, -0.2) is 38.4 Å². The maximum absolute atomic E-state index is 12.0. The van der Waals surface area contributed by atoms with Gasteiger partial charge in [0.1, 0.15) is 11.0 Å². The van der Waals surface area contributed by atoms with Crippen LogP contribution in [0.15, 0.2) is 18.2 Å². The Morgan fingerprint density at radius 1 is 1.35 bits per heavy atom. The quantitative estimate of drug-likeness (QED) is 0.737. The third-order valence-electron chi connectivity index (χ3n) is 2.98. The van der Waals surface area contributed by atoms with Crippen LogP contribution in [0.1, 0.15) is 36.5 Å². The van der Waals surface area contributed by atoms with E-state index in [-0.39, 0.29) is 18.4 Å². The fraction of sp³-hybridized carbons (Fsp3) is 0.385. The largest absolute Gasteiger partial charge is 0.481 e. The minimum absolute atomic E-state index is 0.0742. The molecule has 0 fully saturated rings. The van der Waals surface area contributed by atoms with Crippen molar-refractivity contribution in [3.8, 4) is 0 Å². The molecule has 1 atom stereocenters. The van der Waals surface area contributed by atoms with Gasteiger partial charge >= 0.3 is 5.97 Å². The van der Waals surface area contributed by atoms with Gasteiger partial charge in [-0.15, -0.1) is 0 Å². The number of carboxylic acids is 1. The number of benzene rings is 1. The van der Waals surface area contributed by atoms with Gasteiger partial charge in [0.15, 0.2) is 0 Å². The third kappa shape index (κ3) is 3.53. The van der Waals surface area contributed by atoms with Crippen molar-refractivity contribution >= 4 is 22.9 Å². The van der Waals surface area contributed by atoms with Crippen LogP contribution in [0.2, 0.25) is 0 Å². The Kier molecular flexibility index (Phi) is 4.29. The van der Waals surface area contributed by atoms with Gasteiger partial charge in [0.2, 0.25) is 0 Å². The number of carbonyl (C=O) groups is 2. The summed E-state index contributed by atoms with van der Waals surface area (Å²) >= 11 is 0. The topological polar surface area (TPSA) is 108 Å². The number of aromatic nitrogens is 3. The first-order chi connectivity index (χ1) is 9.56. The summed E-state index contributed by atoms with van der Waals surface area (Å²) in [6.45, 7) is 1.86. The SMILES string of the molecule is CC(CCCC(=O)O)NC(=O)c1ccc2n[nH]nc2c1. The number of hydrogen-bond acceptors (Lipinski definition) is 4. The molecule has 7 nitrogen and oxygen atoms in total. The van der Waals surface area contributed by atoms with Crippen molar-refractivity contribution in [2.75, 3.05) is 0 Å². The number of carbonyl (C=O) groups excluding carboxylic acids is 1. The molecular weight excluding hydrogens is 260 g/mol. The second kappa shape index (κ2) is 6.14. The molecule has 1 aromatic heterocycles. The van der Waals surface area contributed by atoms with E-state index in [1.807, 2.05) is 6.92 Å². The number of aliphatic carboxylic acids is 1. The van der Waals surface area contributed by atoms with E-state index in [4.69, 9.17) is 5.11 Å². The Labute approximate surface area is 115 Å². The molecule has 2 rings (SSSR count). The molecule has 1 amide bonds. The minimum Gasteiger partial charge on any atom is -0.481 e. The van der Waals surface area contributed by atoms with E-state index in [2.05, 4.69) is 20.7 Å². The average molecular weight is 276 g/mol. The predicted molar refractivity (Wildman–Crippen MR) is 72.3 cm³/mol. The smallest absolute Gasteiger partial charge is 0.303 e. The van der Waals surface area contributed by atoms with Crippen LogP contribution in [0, 0.1) is 0 Å². The van der Waals surface area contributed by atoms with Gasteiger partial charge in [-0.1, -0.05) is 0 Å². The highest BCUT2D eigenvalue weighted by atomic mass is 16.4. The number of rotatable bonds is 6. The fourth-order valence-corrected chi connectivity index (χ4v) is 1.92. The van der Waals surface area contributed by atoms with E-state index in [9.17, 15) is 9.59 Å². The molecule has 0 bridgehead atoms. The van der Waals surface area contributed by atoms with E-state index in [1.54, 1.807) is 18.2 Å². The van der Waals surface area contributed by atoms with Gasteiger partial charge < -0.3 is 10.4 Å². The van der Waals surface area contributed by atoms with Gasteiger partial charge in [0, 0.05) is 18.0 Å². The minimum atomic E-state index is -0.819. The van der Waals surface area contributed by atoms with Gasteiger partial charge in [-0.05, 0) is 38.0 Å². The lowest BCUT2D eigenvalue weighted by Gasteiger charge is -2.13. The highest BCUT2D eigenvalue weighted by Gasteiger charge is 2.11. The zero-order chi connectivity index (χ0) is 14.5. The molecule has 1 aromatic carbocycles. The summed E-state index contributed by atoms with van der Waals surface area (Å²) in [6.07, 6.45) is 1.29. The maximum atomic E-state index is 12.0. The highest BCUT2D eigenvalue weighted by Crippen LogP contribution is 2.11. The van der Waals surface area contributed by atoms with Gasteiger partial charge in [-0.2, -0.15) is 15.4 Å². The molecule has 106 valence electrons. The summed E-state index contributed by atoms with van der Waals surface area (Å²) in [5.41, 5.74) is 1.85. The predicted octanol–water partition coefficient (Wildman–Crippen LogP) is 1.33. The number of carboxylic acid groups (broad SMARTS) is 1. The Morgan fingerprint density at radius 3 is 2.85 bits per heavy atom. The first kappa shape index (κ1) is 14.0. The van der Waals surface area contributed by atoms with Crippen LogP contribution in [-0.2, 0) is 4.79 Å². The Bertz CT molecular complexity index is 623. The number of amides is 1. The molecule has 0 aliphatic heterocycles. The van der Waals surface area contributed by atoms with Crippen molar-refractivity contribution in [3.05, 3.63) is 23.8 Å². The third-order valence-corrected chi connectivity index (χ3v) is 2.98. The van der Waals surface area contributed by atoms with E-state index in [1.165, 1.54) is 0 Å². The number of nitrogens with zero attached hydrogens (tertiary/aromatic N) is 2. The molecule has 0 radical (unpaired) electrons. The van der Waals surface area contributed by atoms with E-state index in [0.717, 1.165) is 0 Å². The zero-order valence-corrected chi connectivity index (χ0v) is 11.1. The van der Waals surface area contributed by atoms with Crippen LogP contribution in [0.4, 0.5) is 0 Å². The molecule has 7 heteroatoms. The van der Waals surface area contributed by atoms with Gasteiger partial charge in [0.05, 0.1) is 0 Å². The molecule has 0 aliphatic rings. The van der Waals surface area contributed by atoms with Crippen LogP contribution in [0.25, 0.3) is 11.0 Å². The molecule has 2 aromatic rings. The van der Waals surface area contributed by atoms with Crippen LogP contribution >= 0.6 is 0 Å². The van der Waals surface area contributed by atoms with Gasteiger partial charge in [0.25, 0.3) is 5.91 Å². The summed E-state index contributed by atoms with van der Waals surface area (Å²) in [5.74, 6) is -1.02. The van der Waals surface area contributed by atoms with Crippen LogP contribution in [0.3, 0.4) is 0 Å². The molecule has 20 heavy (non-hydrogen) atoms. The monoisotopic (exact) mass is 276 g/mol. The van der Waals surface area contributed by atoms with Crippen molar-refractivity contribution in [1.82, 2.24) is 20.7 Å². The van der Waals surface area contributed by atoms with E-state index < -0.39 is 5.97 Å². The number of hydrogen-bond donors (Lipinski definition) is 3. The normalized spacial score (nSPS) is 12.2. The molecule has 3 N–H and O–H groups in total. The van der Waals surface area contributed by atoms with Crippen molar-refractivity contribution in [2.45, 2.75) is 32.2 Å². The average Bonchev–Trinajstić information content (AvgIpc) is 2.85. The van der Waals surface area contributed by atoms with Crippen molar-refractivity contribution in [2.24, 2.45) is 0 Å². The highest BCUT2D eigenvalue weighted by molar-refractivity contribution is 5.97. The second-order valence-electron chi connectivity index (χ2n) is 4.69. The zero-order valence-electron chi connectivity index (χ0n) is 11.1. The fourth-order valence-electron chi connectivity index (χ4n) is 1.92. The van der Waals surface area contributed by atoms with Crippen LogP contribution in [0.5, 0.6) is 0 Å². The number of nitrogens with one attached hydrogen (secondary N) is 2. The summed E-state index contributed by atoms with van der Waals surface area (Å²) < 4.78 is 0. The number of fused-ring (bicyclic) bond motifs is 1. The summed E-state index contributed by atoms with van der Waals surface area (Å²) in [5, 5.41) is 21.7. The Hall–Kier alpha value is -2.44. The first-order valence-corrected chi connectivity index (χ1v) is 6.39. The molecule has 0 saturated carbocycles. The van der Waals surface area contributed by atoms with Crippen molar-refractivity contribution in [1.29, 1.82) is 0 Å². The number of H-pyrrole nitrogens is 1. The first-order valence-electron chi connectivity index (χ1n) is 6.39. The second-order valence-corrected chi connectivity index (χ2v) is 4.69. The molecule has 1 heterocycles. The maximum Gasteiger partial charge on any atom is 0.303 e. The van der Waals surface area contributed by atoms with E-state index in [0.29, 0.717) is 29.4 Å². The molecule has 0 aliphatic carbocycles. The lowest BCUT2D eigenvalue weighted by atomic mass is 10.1. The van der Waals surface area contributed by atoms with Gasteiger partial charge in [-0.3, -0.25) is 9.59 Å². The van der Waals surface area contributed by atoms with E-state index >= 15 is 0 Å². The number of aromatic amines is 1. The lowest BCUT2D eigenvalue weighted by molar-refractivity contribution is -0.137. The standard InChI is InChI=1S/C13H16N4O3/c1-8(3-2-4-12(18)19)14-13(20)9-5-6-10-11(7-9)16-17-15-10/h5-8H,2-4H2,1H3,(H,14,20)(H,18,19)(H,15,16,17). The summed E-state index contributed by atoms with van der Waals surface area (Å²) in [4.78, 5) is 22.5. The van der Waals surface area contributed by atoms with Crippen LogP contribution < -0.4 is 5.32 Å². The molecular formula is C13H16N4O3. The van der Waals surface area contributed by atoms with Gasteiger partial charge in [-0.25, -0.2) is 0 Å². The van der Waals surface area contributed by atoms with Crippen molar-refractivity contribution in [3.63, 3.8) is 0 Å². The Balaban J connectivity index is 1.91. The van der Waals surface area contributed by atoms with Crippen molar-refractivity contribution < 1.29 is 14.7 Å². The molecule has 0 saturated heterocycles. The summed E-state index contributed by atoms with van der Waals surface area (Å²) in [6, 6.07) is 5.00. The lowest BCUT2D eigenvalue weighted by Crippen LogP contribution is -2.32. The Morgan fingerprint density at radius 2 is 2.10 bits per heavy atom. The molecule has 0 spiro atoms. The molecule has 1 unspecified atom stereocenters.